The largest absolute Gasteiger partial charge is 0.374 e. The molecule has 8 heteroatoms. The average molecular weight is 392 g/mol. The average Bonchev–Trinajstić information content (AvgIpc) is 2.67. The van der Waals surface area contributed by atoms with Crippen molar-refractivity contribution in [1.82, 2.24) is 4.72 Å². The third kappa shape index (κ3) is 7.09. The van der Waals surface area contributed by atoms with Crippen LogP contribution in [0.2, 0.25) is 0 Å². The molecule has 0 heterocycles. The van der Waals surface area contributed by atoms with E-state index in [1.807, 2.05) is 37.3 Å². The second-order valence-electron chi connectivity index (χ2n) is 6.13. The van der Waals surface area contributed by atoms with Gasteiger partial charge in [-0.05, 0) is 25.3 Å². The number of nitrogens with zero attached hydrogens (tertiary/aromatic N) is 1. The molecule has 27 heavy (non-hydrogen) atoms. The summed E-state index contributed by atoms with van der Waals surface area (Å²) in [6.45, 7) is 2.65. The first-order valence-electron chi connectivity index (χ1n) is 8.75. The number of ether oxygens (including phenoxy) is 1. The number of rotatable bonds is 11. The third-order valence-corrected chi connectivity index (χ3v) is 5.49. The molecule has 2 aromatic carbocycles. The van der Waals surface area contributed by atoms with Gasteiger partial charge in [-0.2, -0.15) is 0 Å². The summed E-state index contributed by atoms with van der Waals surface area (Å²) in [5.74, 6) is -0.195. The summed E-state index contributed by atoms with van der Waals surface area (Å²) in [6, 6.07) is 16.0. The van der Waals surface area contributed by atoms with Crippen LogP contribution in [0.1, 0.15) is 30.6 Å². The first-order chi connectivity index (χ1) is 12.9. The smallest absolute Gasteiger partial charge is 0.272 e. The molecule has 0 aliphatic rings. The van der Waals surface area contributed by atoms with E-state index >= 15 is 0 Å². The molecule has 0 amide bonds. The van der Waals surface area contributed by atoms with Crippen LogP contribution < -0.4 is 4.72 Å². The first kappa shape index (κ1) is 21.0. The van der Waals surface area contributed by atoms with Crippen LogP contribution in [0.25, 0.3) is 0 Å². The molecule has 2 rings (SSSR count). The van der Waals surface area contributed by atoms with Crippen LogP contribution in [-0.2, 0) is 21.2 Å². The van der Waals surface area contributed by atoms with E-state index < -0.39 is 14.9 Å². The Morgan fingerprint density at radius 3 is 2.48 bits per heavy atom. The lowest BCUT2D eigenvalue weighted by Gasteiger charge is -2.13. The van der Waals surface area contributed by atoms with Crippen molar-refractivity contribution in [2.45, 2.75) is 25.9 Å². The minimum Gasteiger partial charge on any atom is -0.374 e. The van der Waals surface area contributed by atoms with Crippen molar-refractivity contribution in [2.24, 2.45) is 0 Å². The number of nitro benzene ring substituents is 1. The Hall–Kier alpha value is -2.29. The standard InChI is InChI=1S/C19H24N2O5S/c1-16(17-8-3-2-4-9-17)26-14-7-13-20-27(24,25)15-12-18-10-5-6-11-19(18)21(22)23/h2-6,8-11,16,20H,7,12-15H2,1H3. The summed E-state index contributed by atoms with van der Waals surface area (Å²) in [5, 5.41) is 11.0. The molecule has 0 saturated carbocycles. The Morgan fingerprint density at radius 1 is 1.11 bits per heavy atom. The molecule has 0 bridgehead atoms. The quantitative estimate of drug-likeness (QED) is 0.360. The molecule has 0 spiro atoms. The number of benzene rings is 2. The molecule has 1 unspecified atom stereocenters. The fraction of sp³-hybridized carbons (Fsp3) is 0.368. The van der Waals surface area contributed by atoms with Crippen LogP contribution in [0.4, 0.5) is 5.69 Å². The molecular formula is C19H24N2O5S. The lowest BCUT2D eigenvalue weighted by molar-refractivity contribution is -0.385. The van der Waals surface area contributed by atoms with E-state index in [-0.39, 0.29) is 30.5 Å². The van der Waals surface area contributed by atoms with Gasteiger partial charge >= 0.3 is 0 Å². The summed E-state index contributed by atoms with van der Waals surface area (Å²) < 4.78 is 32.4. The fourth-order valence-corrected chi connectivity index (χ4v) is 3.69. The van der Waals surface area contributed by atoms with Gasteiger partial charge in [0, 0.05) is 24.8 Å². The van der Waals surface area contributed by atoms with E-state index in [1.165, 1.54) is 6.07 Å². The van der Waals surface area contributed by atoms with Crippen molar-refractivity contribution in [1.29, 1.82) is 0 Å². The molecule has 7 nitrogen and oxygen atoms in total. The Morgan fingerprint density at radius 2 is 1.78 bits per heavy atom. The monoisotopic (exact) mass is 392 g/mol. The number of aryl methyl sites for hydroxylation is 1. The van der Waals surface area contributed by atoms with E-state index in [1.54, 1.807) is 18.2 Å². The van der Waals surface area contributed by atoms with Crippen molar-refractivity contribution in [2.75, 3.05) is 18.9 Å². The second-order valence-corrected chi connectivity index (χ2v) is 8.05. The number of para-hydroxylation sites is 1. The number of hydrogen-bond donors (Lipinski definition) is 1. The van der Waals surface area contributed by atoms with Crippen molar-refractivity contribution >= 4 is 15.7 Å². The summed E-state index contributed by atoms with van der Waals surface area (Å²) >= 11 is 0. The Kier molecular flexibility index (Phi) is 7.90. The first-order valence-corrected chi connectivity index (χ1v) is 10.4. The highest BCUT2D eigenvalue weighted by Gasteiger charge is 2.16. The van der Waals surface area contributed by atoms with E-state index in [4.69, 9.17) is 4.74 Å². The van der Waals surface area contributed by atoms with E-state index in [2.05, 4.69) is 4.72 Å². The predicted molar refractivity (Wildman–Crippen MR) is 104 cm³/mol. The highest BCUT2D eigenvalue weighted by atomic mass is 32.2. The van der Waals surface area contributed by atoms with Gasteiger partial charge in [0.15, 0.2) is 0 Å². The topological polar surface area (TPSA) is 98.5 Å². The molecule has 0 radical (unpaired) electrons. The molecule has 0 aliphatic heterocycles. The predicted octanol–water partition coefficient (Wildman–Crippen LogP) is 3.22. The van der Waals surface area contributed by atoms with E-state index in [0.717, 1.165) is 5.56 Å². The molecule has 0 aromatic heterocycles. The van der Waals surface area contributed by atoms with Crippen molar-refractivity contribution in [3.05, 3.63) is 75.8 Å². The van der Waals surface area contributed by atoms with Gasteiger partial charge in [0.05, 0.1) is 16.8 Å². The molecule has 146 valence electrons. The van der Waals surface area contributed by atoms with Gasteiger partial charge in [0.1, 0.15) is 0 Å². The number of hydrogen-bond acceptors (Lipinski definition) is 5. The van der Waals surface area contributed by atoms with Gasteiger partial charge in [-0.3, -0.25) is 10.1 Å². The molecular weight excluding hydrogens is 368 g/mol. The normalized spacial score (nSPS) is 12.6. The Bertz CT molecular complexity index is 840. The van der Waals surface area contributed by atoms with Gasteiger partial charge in [0.2, 0.25) is 10.0 Å². The number of nitro groups is 1. The molecule has 1 atom stereocenters. The molecule has 0 fully saturated rings. The van der Waals surface area contributed by atoms with Crippen molar-refractivity contribution in [3.8, 4) is 0 Å². The SMILES string of the molecule is CC(OCCCNS(=O)(=O)CCc1ccccc1[N+](=O)[O-])c1ccccc1. The molecule has 2 aromatic rings. The molecule has 0 aliphatic carbocycles. The van der Waals surface area contributed by atoms with E-state index in [0.29, 0.717) is 18.6 Å². The van der Waals surface area contributed by atoms with Crippen LogP contribution in [0, 0.1) is 10.1 Å². The van der Waals surface area contributed by atoms with Crippen LogP contribution in [0.15, 0.2) is 54.6 Å². The molecule has 0 saturated heterocycles. The van der Waals surface area contributed by atoms with Gasteiger partial charge in [0.25, 0.3) is 5.69 Å². The summed E-state index contributed by atoms with van der Waals surface area (Å²) in [4.78, 5) is 10.5. The zero-order valence-corrected chi connectivity index (χ0v) is 16.0. The summed E-state index contributed by atoms with van der Waals surface area (Å²) in [5.41, 5.74) is 1.42. The van der Waals surface area contributed by atoms with Gasteiger partial charge < -0.3 is 4.74 Å². The fourth-order valence-electron chi connectivity index (χ4n) is 2.60. The Labute approximate surface area is 159 Å². The second kappa shape index (κ2) is 10.1. The van der Waals surface area contributed by atoms with Crippen LogP contribution in [-0.4, -0.2) is 32.2 Å². The lowest BCUT2D eigenvalue weighted by atomic mass is 10.1. The lowest BCUT2D eigenvalue weighted by Crippen LogP contribution is -2.29. The maximum Gasteiger partial charge on any atom is 0.272 e. The zero-order chi connectivity index (χ0) is 19.7. The number of sulfonamides is 1. The van der Waals surface area contributed by atoms with Gasteiger partial charge in [-0.1, -0.05) is 48.5 Å². The maximum atomic E-state index is 12.1. The van der Waals surface area contributed by atoms with Crippen molar-refractivity contribution < 1.29 is 18.1 Å². The number of nitrogens with one attached hydrogen (secondary N) is 1. The third-order valence-electron chi connectivity index (χ3n) is 4.11. The van der Waals surface area contributed by atoms with Crippen LogP contribution in [0.3, 0.4) is 0 Å². The van der Waals surface area contributed by atoms with Crippen LogP contribution >= 0.6 is 0 Å². The van der Waals surface area contributed by atoms with Crippen LogP contribution in [0.5, 0.6) is 0 Å². The highest BCUT2D eigenvalue weighted by molar-refractivity contribution is 7.89. The van der Waals surface area contributed by atoms with Gasteiger partial charge in [-0.25, -0.2) is 13.1 Å². The summed E-state index contributed by atoms with van der Waals surface area (Å²) in [7, 11) is -3.50. The highest BCUT2D eigenvalue weighted by Crippen LogP contribution is 2.18. The minimum atomic E-state index is -3.50. The van der Waals surface area contributed by atoms with E-state index in [9.17, 15) is 18.5 Å². The molecule has 1 N–H and O–H groups in total. The minimum absolute atomic E-state index is 0.0542. The Balaban J connectivity index is 1.72. The van der Waals surface area contributed by atoms with Gasteiger partial charge in [-0.15, -0.1) is 0 Å². The zero-order valence-electron chi connectivity index (χ0n) is 15.2. The maximum absolute atomic E-state index is 12.1. The summed E-state index contributed by atoms with van der Waals surface area (Å²) in [6.07, 6.45) is 0.581. The van der Waals surface area contributed by atoms with Crippen molar-refractivity contribution in [3.63, 3.8) is 0 Å².